The van der Waals surface area contributed by atoms with Crippen LogP contribution in [0.2, 0.25) is 0 Å². The van der Waals surface area contributed by atoms with Gasteiger partial charge in [0.05, 0.1) is 5.69 Å². The zero-order valence-electron chi connectivity index (χ0n) is 30.5. The predicted octanol–water partition coefficient (Wildman–Crippen LogP) is 12.6. The first-order valence-electron chi connectivity index (χ1n) is 18.3. The number of nitrogens with two attached hydrogens (primary N) is 1. The maximum atomic E-state index is 8.17. The SMILES string of the molecule is Cc1ccc2sc3cccc(-c4nc(-c5ccccc5)nc(-c5ccc(-c6ccccc6)cc5)n4)c3c2c1.N=C(c1ccccc1)c1oc2ccccc2c1N. The lowest BCUT2D eigenvalue weighted by Gasteiger charge is -2.10. The van der Waals surface area contributed by atoms with Crippen LogP contribution in [0.5, 0.6) is 0 Å². The molecule has 3 N–H and O–H groups in total. The van der Waals surface area contributed by atoms with Gasteiger partial charge in [0, 0.05) is 47.8 Å². The van der Waals surface area contributed by atoms with Gasteiger partial charge in [-0.3, -0.25) is 5.41 Å². The highest BCUT2D eigenvalue weighted by atomic mass is 32.1. The van der Waals surface area contributed by atoms with Crippen molar-refractivity contribution in [2.75, 3.05) is 5.73 Å². The third-order valence-corrected chi connectivity index (χ3v) is 10.9. The molecule has 7 aromatic carbocycles. The van der Waals surface area contributed by atoms with Gasteiger partial charge in [-0.2, -0.15) is 0 Å². The van der Waals surface area contributed by atoms with E-state index in [1.165, 1.54) is 31.3 Å². The second kappa shape index (κ2) is 14.9. The van der Waals surface area contributed by atoms with Gasteiger partial charge in [-0.05, 0) is 48.4 Å². The van der Waals surface area contributed by atoms with E-state index in [1.54, 1.807) is 0 Å². The number of para-hydroxylation sites is 1. The fraction of sp³-hybridized carbons (Fsp3) is 0.0204. The van der Waals surface area contributed by atoms with Gasteiger partial charge >= 0.3 is 0 Å². The average molecular weight is 742 g/mol. The molecule has 56 heavy (non-hydrogen) atoms. The van der Waals surface area contributed by atoms with E-state index in [4.69, 9.17) is 30.5 Å². The van der Waals surface area contributed by atoms with Crippen LogP contribution in [0.1, 0.15) is 16.9 Å². The highest BCUT2D eigenvalue weighted by Crippen LogP contribution is 2.40. The van der Waals surface area contributed by atoms with E-state index < -0.39 is 0 Å². The molecular formula is C49H35N5OS. The molecule has 0 radical (unpaired) electrons. The molecule has 6 nitrogen and oxygen atoms in total. The van der Waals surface area contributed by atoms with Gasteiger partial charge in [0.15, 0.2) is 23.2 Å². The van der Waals surface area contributed by atoms with Crippen LogP contribution < -0.4 is 5.73 Å². The minimum atomic E-state index is 0.310. The van der Waals surface area contributed by atoms with Gasteiger partial charge < -0.3 is 10.2 Å². The summed E-state index contributed by atoms with van der Waals surface area (Å²) in [5, 5.41) is 11.5. The first-order chi connectivity index (χ1) is 27.5. The molecule has 0 atom stereocenters. The summed E-state index contributed by atoms with van der Waals surface area (Å²) >= 11 is 1.81. The maximum Gasteiger partial charge on any atom is 0.176 e. The van der Waals surface area contributed by atoms with Crippen molar-refractivity contribution in [1.29, 1.82) is 5.41 Å². The summed E-state index contributed by atoms with van der Waals surface area (Å²) in [6, 6.07) is 59.0. The number of nitrogen functional groups attached to an aromatic ring is 1. The Bertz CT molecular complexity index is 2990. The van der Waals surface area contributed by atoms with Crippen LogP contribution in [0.4, 0.5) is 5.69 Å². The van der Waals surface area contributed by atoms with E-state index in [1.807, 2.05) is 102 Å². The molecule has 3 heterocycles. The number of aryl methyl sites for hydroxylation is 1. The lowest BCUT2D eigenvalue weighted by atomic mass is 10.0. The number of rotatable bonds is 6. The average Bonchev–Trinajstić information content (AvgIpc) is 3.81. The largest absolute Gasteiger partial charge is 0.452 e. The molecule has 7 heteroatoms. The lowest BCUT2D eigenvalue weighted by molar-refractivity contribution is 0.606. The normalized spacial score (nSPS) is 11.1. The number of thiophene rings is 1. The van der Waals surface area contributed by atoms with Gasteiger partial charge in [-0.1, -0.05) is 151 Å². The predicted molar refractivity (Wildman–Crippen MR) is 232 cm³/mol. The van der Waals surface area contributed by atoms with Crippen LogP contribution >= 0.6 is 11.3 Å². The first kappa shape index (κ1) is 34.5. The molecule has 0 spiro atoms. The number of benzene rings is 7. The van der Waals surface area contributed by atoms with Crippen molar-refractivity contribution in [1.82, 2.24) is 15.0 Å². The summed E-state index contributed by atoms with van der Waals surface area (Å²) < 4.78 is 8.17. The minimum absolute atomic E-state index is 0.310. The summed E-state index contributed by atoms with van der Waals surface area (Å²) in [5.74, 6) is 2.46. The fourth-order valence-electron chi connectivity index (χ4n) is 6.90. The Hall–Kier alpha value is -7.22. The third-order valence-electron chi connectivity index (χ3n) is 9.73. The molecule has 3 aromatic heterocycles. The number of nitrogens with one attached hydrogen (secondary N) is 1. The van der Waals surface area contributed by atoms with E-state index in [2.05, 4.69) is 91.9 Å². The molecule has 0 bridgehead atoms. The Morgan fingerprint density at radius 1 is 0.536 bits per heavy atom. The summed E-state index contributed by atoms with van der Waals surface area (Å²) in [6.07, 6.45) is 0. The van der Waals surface area contributed by atoms with E-state index in [9.17, 15) is 0 Å². The smallest absolute Gasteiger partial charge is 0.176 e. The molecule has 0 saturated heterocycles. The van der Waals surface area contributed by atoms with Crippen molar-refractivity contribution in [3.63, 3.8) is 0 Å². The van der Waals surface area contributed by atoms with Gasteiger partial charge in [0.2, 0.25) is 0 Å². The molecule has 0 aliphatic heterocycles. The second-order valence-corrected chi connectivity index (χ2v) is 14.6. The molecule has 0 fully saturated rings. The van der Waals surface area contributed by atoms with E-state index in [0.29, 0.717) is 40.2 Å². The molecule has 10 aromatic rings. The Labute approximate surface area is 328 Å². The standard InChI is InChI=1S/C34H23N3S.C15H12N2O/c1-22-15-20-29-28(21-22)31-27(13-8-14-30(31)38-29)34-36-32(25-11-6-3-7-12-25)35-33(37-34)26-18-16-24(17-19-26)23-9-4-2-5-10-23;16-13(10-6-2-1-3-7-10)15-14(17)11-8-4-5-9-12(11)18-15/h2-21H,1H3;1-9,16H,17H2. The number of anilines is 1. The van der Waals surface area contributed by atoms with E-state index in [-0.39, 0.29) is 0 Å². The Morgan fingerprint density at radius 2 is 1.11 bits per heavy atom. The highest BCUT2D eigenvalue weighted by Gasteiger charge is 2.18. The number of aromatic nitrogens is 3. The molecule has 0 unspecified atom stereocenters. The number of fused-ring (bicyclic) bond motifs is 4. The highest BCUT2D eigenvalue weighted by molar-refractivity contribution is 7.25. The lowest BCUT2D eigenvalue weighted by Crippen LogP contribution is -2.02. The van der Waals surface area contributed by atoms with E-state index in [0.717, 1.165) is 33.2 Å². The Morgan fingerprint density at radius 3 is 1.80 bits per heavy atom. The second-order valence-electron chi connectivity index (χ2n) is 13.5. The maximum absolute atomic E-state index is 8.17. The van der Waals surface area contributed by atoms with E-state index >= 15 is 0 Å². The van der Waals surface area contributed by atoms with Crippen molar-refractivity contribution in [3.8, 4) is 45.3 Å². The number of furan rings is 1. The van der Waals surface area contributed by atoms with Crippen molar-refractivity contribution >= 4 is 53.9 Å². The number of hydrogen-bond acceptors (Lipinski definition) is 7. The van der Waals surface area contributed by atoms with Gasteiger partial charge in [0.1, 0.15) is 11.3 Å². The summed E-state index contributed by atoms with van der Waals surface area (Å²) in [4.78, 5) is 15.0. The number of nitrogens with zero attached hydrogens (tertiary/aromatic N) is 3. The monoisotopic (exact) mass is 741 g/mol. The summed E-state index contributed by atoms with van der Waals surface area (Å²) in [5.41, 5.74) is 14.9. The molecule has 0 amide bonds. The van der Waals surface area contributed by atoms with Crippen molar-refractivity contribution in [2.45, 2.75) is 6.92 Å². The molecule has 268 valence electrons. The van der Waals surface area contributed by atoms with Crippen LogP contribution in [0, 0.1) is 12.3 Å². The van der Waals surface area contributed by atoms with Gasteiger partial charge in [0.25, 0.3) is 0 Å². The summed E-state index contributed by atoms with van der Waals surface area (Å²) in [7, 11) is 0. The fourth-order valence-corrected chi connectivity index (χ4v) is 8.01. The van der Waals surface area contributed by atoms with Gasteiger partial charge in [-0.25, -0.2) is 15.0 Å². The topological polar surface area (TPSA) is 102 Å². The van der Waals surface area contributed by atoms with Crippen LogP contribution in [0.3, 0.4) is 0 Å². The van der Waals surface area contributed by atoms with Gasteiger partial charge in [-0.15, -0.1) is 11.3 Å². The molecule has 10 rings (SSSR count). The molecular weight excluding hydrogens is 707 g/mol. The Kier molecular flexibility index (Phi) is 9.19. The van der Waals surface area contributed by atoms with Crippen LogP contribution in [0.25, 0.3) is 76.4 Å². The first-order valence-corrected chi connectivity index (χ1v) is 19.1. The summed E-state index contributed by atoms with van der Waals surface area (Å²) in [6.45, 7) is 2.14. The van der Waals surface area contributed by atoms with Crippen molar-refractivity contribution < 1.29 is 4.42 Å². The molecule has 0 aliphatic carbocycles. The van der Waals surface area contributed by atoms with Crippen LogP contribution in [-0.4, -0.2) is 20.7 Å². The Balaban J connectivity index is 0.000000190. The minimum Gasteiger partial charge on any atom is -0.452 e. The van der Waals surface area contributed by atoms with Crippen LogP contribution in [0.15, 0.2) is 180 Å². The third kappa shape index (κ3) is 6.72. The molecule has 0 saturated carbocycles. The van der Waals surface area contributed by atoms with Crippen molar-refractivity contribution in [3.05, 3.63) is 193 Å². The van der Waals surface area contributed by atoms with Crippen LogP contribution in [-0.2, 0) is 0 Å². The molecule has 0 aliphatic rings. The zero-order valence-corrected chi connectivity index (χ0v) is 31.3. The quantitative estimate of drug-likeness (QED) is 0.165. The van der Waals surface area contributed by atoms with Crippen molar-refractivity contribution in [2.24, 2.45) is 0 Å². The number of hydrogen-bond donors (Lipinski definition) is 2. The zero-order chi connectivity index (χ0) is 38.0.